The molecule has 1 heterocycles. The monoisotopic (exact) mass is 430 g/mol. The van der Waals surface area contributed by atoms with Crippen LogP contribution in [-0.2, 0) is 11.2 Å². The van der Waals surface area contributed by atoms with Crippen LogP contribution in [0.2, 0.25) is 0 Å². The summed E-state index contributed by atoms with van der Waals surface area (Å²) in [5.74, 6) is 1.79. The summed E-state index contributed by atoms with van der Waals surface area (Å²) >= 11 is 0. The zero-order chi connectivity index (χ0) is 22.6. The molecule has 0 fully saturated rings. The van der Waals surface area contributed by atoms with Gasteiger partial charge in [-0.05, 0) is 70.6 Å². The molecule has 0 unspecified atom stereocenters. The number of aliphatic hydroxyl groups excluding tert-OH is 1. The standard InChI is InChI=1S/C26H38O5/c1-6-8-9-10-18-14-22(30-25(28)29-16-19(27)7-2)24-20-13-17(3)11-12-21(20)26(4,5)31-23(24)15-18/h13-15,19-21,27H,6-12,16H2,1-5H3/t19-,20-,21-/m1/s1. The predicted octanol–water partition coefficient (Wildman–Crippen LogP) is 6.32. The highest BCUT2D eigenvalue weighted by atomic mass is 16.7. The largest absolute Gasteiger partial charge is 0.513 e. The Bertz CT molecular complexity index is 810. The molecule has 5 nitrogen and oxygen atoms in total. The summed E-state index contributed by atoms with van der Waals surface area (Å²) in [6.07, 6.45) is 7.78. The third-order valence-corrected chi connectivity index (χ3v) is 6.64. The second-order valence-corrected chi connectivity index (χ2v) is 9.58. The number of aryl methyl sites for hydroxylation is 1. The van der Waals surface area contributed by atoms with Crippen LogP contribution in [0.5, 0.6) is 11.5 Å². The third kappa shape index (κ3) is 5.62. The van der Waals surface area contributed by atoms with Crippen LogP contribution in [0.1, 0.15) is 90.2 Å². The van der Waals surface area contributed by atoms with Gasteiger partial charge in [0.2, 0.25) is 0 Å². The first-order valence-corrected chi connectivity index (χ1v) is 11.8. The van der Waals surface area contributed by atoms with Crippen LogP contribution in [0.4, 0.5) is 4.79 Å². The zero-order valence-corrected chi connectivity index (χ0v) is 19.7. The first-order chi connectivity index (χ1) is 14.7. The summed E-state index contributed by atoms with van der Waals surface area (Å²) in [5.41, 5.74) is 3.11. The van der Waals surface area contributed by atoms with Crippen LogP contribution in [0.3, 0.4) is 0 Å². The lowest BCUT2D eigenvalue weighted by molar-refractivity contribution is 0.00981. The Balaban J connectivity index is 1.96. The van der Waals surface area contributed by atoms with E-state index in [4.69, 9.17) is 14.2 Å². The van der Waals surface area contributed by atoms with E-state index in [1.807, 2.05) is 13.0 Å². The molecule has 2 aliphatic rings. The van der Waals surface area contributed by atoms with Crippen molar-refractivity contribution in [1.29, 1.82) is 0 Å². The van der Waals surface area contributed by atoms with Crippen molar-refractivity contribution in [2.45, 2.75) is 97.2 Å². The highest BCUT2D eigenvalue weighted by Gasteiger charge is 2.45. The highest BCUT2D eigenvalue weighted by molar-refractivity contribution is 5.67. The molecule has 1 aliphatic carbocycles. The van der Waals surface area contributed by atoms with Gasteiger partial charge in [-0.3, -0.25) is 0 Å². The molecule has 1 aliphatic heterocycles. The van der Waals surface area contributed by atoms with Crippen LogP contribution in [0.15, 0.2) is 23.8 Å². The second kappa shape index (κ2) is 10.1. The summed E-state index contributed by atoms with van der Waals surface area (Å²) in [6, 6.07) is 4.10. The van der Waals surface area contributed by atoms with Gasteiger partial charge < -0.3 is 19.3 Å². The Morgan fingerprint density at radius 2 is 2.06 bits per heavy atom. The number of hydrogen-bond donors (Lipinski definition) is 1. The Morgan fingerprint density at radius 1 is 1.29 bits per heavy atom. The van der Waals surface area contributed by atoms with Crippen molar-refractivity contribution in [3.05, 3.63) is 34.9 Å². The van der Waals surface area contributed by atoms with E-state index in [0.717, 1.165) is 55.4 Å². The number of ether oxygens (including phenoxy) is 3. The average molecular weight is 431 g/mol. The normalized spacial score (nSPS) is 22.5. The lowest BCUT2D eigenvalue weighted by Crippen LogP contribution is -2.45. The lowest BCUT2D eigenvalue weighted by atomic mass is 9.68. The molecule has 172 valence electrons. The molecule has 0 bridgehead atoms. The molecule has 1 aromatic rings. The Hall–Kier alpha value is -2.01. The van der Waals surface area contributed by atoms with Crippen LogP contribution in [0, 0.1) is 5.92 Å². The molecular weight excluding hydrogens is 392 g/mol. The number of benzene rings is 1. The number of carbonyl (C=O) groups excluding carboxylic acids is 1. The molecule has 0 radical (unpaired) electrons. The fourth-order valence-electron chi connectivity index (χ4n) is 4.77. The van der Waals surface area contributed by atoms with Gasteiger partial charge in [0.1, 0.15) is 23.7 Å². The molecule has 1 N–H and O–H groups in total. The maximum atomic E-state index is 12.4. The minimum atomic E-state index is -0.779. The number of hydrogen-bond acceptors (Lipinski definition) is 5. The fraction of sp³-hybridized carbons (Fsp3) is 0.654. The van der Waals surface area contributed by atoms with Crippen molar-refractivity contribution in [3.63, 3.8) is 0 Å². The van der Waals surface area contributed by atoms with Gasteiger partial charge in [0.05, 0.1) is 6.10 Å². The first kappa shape index (κ1) is 23.6. The quantitative estimate of drug-likeness (QED) is 0.226. The molecule has 31 heavy (non-hydrogen) atoms. The molecule has 0 amide bonds. The molecule has 0 saturated heterocycles. The molecular formula is C26H38O5. The molecule has 3 atom stereocenters. The van der Waals surface area contributed by atoms with Crippen LogP contribution >= 0.6 is 0 Å². The number of rotatable bonds is 8. The van der Waals surface area contributed by atoms with Crippen LogP contribution in [-0.4, -0.2) is 29.6 Å². The van der Waals surface area contributed by atoms with Gasteiger partial charge in [0, 0.05) is 17.4 Å². The SMILES string of the molecule is CCCCCc1cc(OC(=O)OC[C@H](O)CC)c2c(c1)OC(C)(C)[C@@H]1CCC(C)=C[C@@H]21. The van der Waals surface area contributed by atoms with Crippen molar-refractivity contribution >= 4 is 6.16 Å². The van der Waals surface area contributed by atoms with Crippen molar-refractivity contribution in [3.8, 4) is 11.5 Å². The van der Waals surface area contributed by atoms with E-state index in [9.17, 15) is 9.90 Å². The van der Waals surface area contributed by atoms with Crippen molar-refractivity contribution in [1.82, 2.24) is 0 Å². The number of carbonyl (C=O) groups is 1. The molecule has 0 spiro atoms. The minimum absolute atomic E-state index is 0.0672. The van der Waals surface area contributed by atoms with Gasteiger partial charge in [-0.1, -0.05) is 38.3 Å². The molecule has 1 aromatic carbocycles. The van der Waals surface area contributed by atoms with E-state index in [-0.39, 0.29) is 18.1 Å². The summed E-state index contributed by atoms with van der Waals surface area (Å²) in [7, 11) is 0. The van der Waals surface area contributed by atoms with Crippen molar-refractivity contribution in [2.75, 3.05) is 6.61 Å². The van der Waals surface area contributed by atoms with Crippen LogP contribution < -0.4 is 9.47 Å². The van der Waals surface area contributed by atoms with Gasteiger partial charge in [0.15, 0.2) is 0 Å². The summed E-state index contributed by atoms with van der Waals surface area (Å²) in [4.78, 5) is 12.4. The molecule has 5 heteroatoms. The Morgan fingerprint density at radius 3 is 2.77 bits per heavy atom. The minimum Gasteiger partial charge on any atom is -0.487 e. The van der Waals surface area contributed by atoms with E-state index in [2.05, 4.69) is 39.8 Å². The third-order valence-electron chi connectivity index (χ3n) is 6.64. The Labute approximate surface area is 186 Å². The number of allylic oxidation sites excluding steroid dienone is 2. The van der Waals surface area contributed by atoms with E-state index in [1.54, 1.807) is 0 Å². The predicted molar refractivity (Wildman–Crippen MR) is 122 cm³/mol. The Kier molecular flexibility index (Phi) is 7.68. The van der Waals surface area contributed by atoms with Gasteiger partial charge in [-0.15, -0.1) is 0 Å². The highest BCUT2D eigenvalue weighted by Crippen LogP contribution is 2.53. The van der Waals surface area contributed by atoms with Gasteiger partial charge in [0.25, 0.3) is 0 Å². The molecule has 3 rings (SSSR count). The van der Waals surface area contributed by atoms with Crippen molar-refractivity contribution in [2.24, 2.45) is 5.92 Å². The topological polar surface area (TPSA) is 65.0 Å². The fourth-order valence-corrected chi connectivity index (χ4v) is 4.77. The maximum Gasteiger partial charge on any atom is 0.513 e. The first-order valence-electron chi connectivity index (χ1n) is 11.8. The smallest absolute Gasteiger partial charge is 0.487 e. The summed E-state index contributed by atoms with van der Waals surface area (Å²) in [6.45, 7) is 10.4. The molecule has 0 aromatic heterocycles. The van der Waals surface area contributed by atoms with E-state index in [0.29, 0.717) is 18.1 Å². The second-order valence-electron chi connectivity index (χ2n) is 9.58. The van der Waals surface area contributed by atoms with Gasteiger partial charge >= 0.3 is 6.16 Å². The lowest BCUT2D eigenvalue weighted by Gasteiger charge is -2.46. The van der Waals surface area contributed by atoms with Gasteiger partial charge in [-0.2, -0.15) is 0 Å². The van der Waals surface area contributed by atoms with Gasteiger partial charge in [-0.25, -0.2) is 4.79 Å². The summed E-state index contributed by atoms with van der Waals surface area (Å²) in [5, 5.41) is 9.71. The van der Waals surface area contributed by atoms with Crippen molar-refractivity contribution < 1.29 is 24.1 Å². The van der Waals surface area contributed by atoms with E-state index >= 15 is 0 Å². The number of aliphatic hydroxyl groups is 1. The van der Waals surface area contributed by atoms with E-state index in [1.165, 1.54) is 5.57 Å². The maximum absolute atomic E-state index is 12.4. The molecule has 0 saturated carbocycles. The number of fused-ring (bicyclic) bond motifs is 3. The average Bonchev–Trinajstić information content (AvgIpc) is 2.71. The zero-order valence-electron chi connectivity index (χ0n) is 19.7. The number of unbranched alkanes of at least 4 members (excludes halogenated alkanes) is 2. The summed E-state index contributed by atoms with van der Waals surface area (Å²) < 4.78 is 17.4. The van der Waals surface area contributed by atoms with Crippen LogP contribution in [0.25, 0.3) is 0 Å². The van der Waals surface area contributed by atoms with E-state index < -0.39 is 12.3 Å².